The van der Waals surface area contributed by atoms with Crippen molar-refractivity contribution in [3.05, 3.63) is 40.2 Å². The van der Waals surface area contributed by atoms with E-state index in [1.165, 1.54) is 11.3 Å². The summed E-state index contributed by atoms with van der Waals surface area (Å²) in [5.74, 6) is 0.0899. The second-order valence-corrected chi connectivity index (χ2v) is 4.96. The molecule has 0 spiro atoms. The molecule has 2 rings (SSSR count). The predicted molar refractivity (Wildman–Crippen MR) is 66.2 cm³/mol. The molecule has 1 amide bonds. The van der Waals surface area contributed by atoms with Crippen molar-refractivity contribution in [1.82, 2.24) is 10.3 Å². The minimum absolute atomic E-state index is 0.0747. The van der Waals surface area contributed by atoms with Crippen LogP contribution in [0.5, 0.6) is 0 Å². The van der Waals surface area contributed by atoms with E-state index in [9.17, 15) is 4.79 Å². The number of nitrogens with one attached hydrogen (secondary N) is 1. The highest BCUT2D eigenvalue weighted by Gasteiger charge is 2.16. The summed E-state index contributed by atoms with van der Waals surface area (Å²) in [6.45, 7) is 3.73. The summed E-state index contributed by atoms with van der Waals surface area (Å²) >= 11 is 1.69. The lowest BCUT2D eigenvalue weighted by molar-refractivity contribution is 0.0911. The Morgan fingerprint density at radius 3 is 3.06 bits per heavy atom. The standard InChI is InChI=1S/C12H14N2O2S/c1-8(6-10-4-3-5-17-10)14-12(15)11-9(2)13-7-16-11/h3-5,7-8H,6H2,1-2H3,(H,14,15). The van der Waals surface area contributed by atoms with Crippen molar-refractivity contribution in [2.24, 2.45) is 0 Å². The summed E-state index contributed by atoms with van der Waals surface area (Å²) in [4.78, 5) is 17.0. The molecule has 2 heterocycles. The molecule has 1 N–H and O–H groups in total. The summed E-state index contributed by atoms with van der Waals surface area (Å²) < 4.78 is 5.04. The van der Waals surface area contributed by atoms with Crippen LogP contribution in [0.25, 0.3) is 0 Å². The number of oxazole rings is 1. The van der Waals surface area contributed by atoms with Crippen LogP contribution in [-0.2, 0) is 6.42 Å². The van der Waals surface area contributed by atoms with Crippen LogP contribution in [0.4, 0.5) is 0 Å². The second kappa shape index (κ2) is 5.14. The van der Waals surface area contributed by atoms with Gasteiger partial charge in [0.25, 0.3) is 5.91 Å². The monoisotopic (exact) mass is 250 g/mol. The first-order chi connectivity index (χ1) is 8.16. The lowest BCUT2D eigenvalue weighted by atomic mass is 10.2. The molecule has 0 aliphatic heterocycles. The van der Waals surface area contributed by atoms with Gasteiger partial charge in [-0.3, -0.25) is 4.79 Å². The van der Waals surface area contributed by atoms with E-state index in [0.717, 1.165) is 6.42 Å². The average molecular weight is 250 g/mol. The maximum Gasteiger partial charge on any atom is 0.289 e. The number of aromatic nitrogens is 1. The van der Waals surface area contributed by atoms with Crippen LogP contribution in [0, 0.1) is 6.92 Å². The number of rotatable bonds is 4. The number of hydrogen-bond donors (Lipinski definition) is 1. The molecule has 0 saturated carbocycles. The van der Waals surface area contributed by atoms with Crippen molar-refractivity contribution in [2.45, 2.75) is 26.3 Å². The van der Waals surface area contributed by atoms with Gasteiger partial charge in [0.1, 0.15) is 0 Å². The molecule has 90 valence electrons. The molecule has 0 aliphatic carbocycles. The Hall–Kier alpha value is -1.62. The van der Waals surface area contributed by atoms with Crippen molar-refractivity contribution in [3.63, 3.8) is 0 Å². The van der Waals surface area contributed by atoms with Crippen LogP contribution < -0.4 is 5.32 Å². The zero-order chi connectivity index (χ0) is 12.3. The third-order valence-corrected chi connectivity index (χ3v) is 3.32. The van der Waals surface area contributed by atoms with Crippen molar-refractivity contribution in [3.8, 4) is 0 Å². The minimum atomic E-state index is -0.205. The zero-order valence-corrected chi connectivity index (χ0v) is 10.6. The van der Waals surface area contributed by atoms with E-state index in [-0.39, 0.29) is 11.9 Å². The summed E-state index contributed by atoms with van der Waals surface area (Å²) in [6.07, 6.45) is 2.12. The van der Waals surface area contributed by atoms with Gasteiger partial charge < -0.3 is 9.73 Å². The largest absolute Gasteiger partial charge is 0.438 e. The second-order valence-electron chi connectivity index (χ2n) is 3.92. The smallest absolute Gasteiger partial charge is 0.289 e. The van der Waals surface area contributed by atoms with Gasteiger partial charge in [-0.15, -0.1) is 11.3 Å². The highest BCUT2D eigenvalue weighted by Crippen LogP contribution is 2.11. The molecule has 2 aromatic rings. The van der Waals surface area contributed by atoms with Gasteiger partial charge >= 0.3 is 0 Å². The van der Waals surface area contributed by atoms with Gasteiger partial charge in [-0.1, -0.05) is 6.07 Å². The molecule has 0 radical (unpaired) electrons. The fourth-order valence-corrected chi connectivity index (χ4v) is 2.43. The topological polar surface area (TPSA) is 55.1 Å². The van der Waals surface area contributed by atoms with Gasteiger partial charge in [0, 0.05) is 17.3 Å². The molecular formula is C12H14N2O2S. The number of thiophene rings is 1. The first kappa shape index (κ1) is 11.9. The van der Waals surface area contributed by atoms with Crippen LogP contribution >= 0.6 is 11.3 Å². The quantitative estimate of drug-likeness (QED) is 0.906. The molecule has 5 heteroatoms. The Kier molecular flexibility index (Phi) is 3.58. The molecular weight excluding hydrogens is 236 g/mol. The van der Waals surface area contributed by atoms with Gasteiger partial charge in [0.15, 0.2) is 6.39 Å². The SMILES string of the molecule is Cc1ncoc1C(=O)NC(C)Cc1cccs1. The zero-order valence-electron chi connectivity index (χ0n) is 9.77. The number of carbonyl (C=O) groups excluding carboxylic acids is 1. The maximum absolute atomic E-state index is 11.8. The molecule has 4 nitrogen and oxygen atoms in total. The first-order valence-corrected chi connectivity index (χ1v) is 6.28. The van der Waals surface area contributed by atoms with Crippen LogP contribution in [0.3, 0.4) is 0 Å². The maximum atomic E-state index is 11.8. The fraction of sp³-hybridized carbons (Fsp3) is 0.333. The van der Waals surface area contributed by atoms with E-state index in [1.54, 1.807) is 18.3 Å². The lowest BCUT2D eigenvalue weighted by Gasteiger charge is -2.11. The normalized spacial score (nSPS) is 12.4. The molecule has 17 heavy (non-hydrogen) atoms. The van der Waals surface area contributed by atoms with E-state index >= 15 is 0 Å². The van der Waals surface area contributed by atoms with E-state index in [4.69, 9.17) is 4.42 Å². The summed E-state index contributed by atoms with van der Waals surface area (Å²) in [5.41, 5.74) is 0.617. The van der Waals surface area contributed by atoms with E-state index in [0.29, 0.717) is 11.5 Å². The molecule has 0 fully saturated rings. The number of aryl methyl sites for hydroxylation is 1. The first-order valence-electron chi connectivity index (χ1n) is 5.40. The number of amides is 1. The predicted octanol–water partition coefficient (Wildman–Crippen LogP) is 2.41. The molecule has 2 aromatic heterocycles. The highest BCUT2D eigenvalue weighted by atomic mass is 32.1. The Morgan fingerprint density at radius 1 is 1.65 bits per heavy atom. The lowest BCUT2D eigenvalue weighted by Crippen LogP contribution is -2.34. The van der Waals surface area contributed by atoms with Crippen molar-refractivity contribution in [2.75, 3.05) is 0 Å². The Morgan fingerprint density at radius 2 is 2.47 bits per heavy atom. The highest BCUT2D eigenvalue weighted by molar-refractivity contribution is 7.09. The number of hydrogen-bond acceptors (Lipinski definition) is 4. The van der Waals surface area contributed by atoms with Crippen LogP contribution in [-0.4, -0.2) is 16.9 Å². The van der Waals surface area contributed by atoms with Gasteiger partial charge in [-0.2, -0.15) is 0 Å². The summed E-state index contributed by atoms with van der Waals surface area (Å²) in [6, 6.07) is 4.15. The van der Waals surface area contributed by atoms with Gasteiger partial charge in [0.2, 0.25) is 5.76 Å². The molecule has 1 atom stereocenters. The average Bonchev–Trinajstić information content (AvgIpc) is 2.88. The van der Waals surface area contributed by atoms with Crippen LogP contribution in [0.15, 0.2) is 28.3 Å². The van der Waals surface area contributed by atoms with E-state index in [1.807, 2.05) is 18.4 Å². The summed E-state index contributed by atoms with van der Waals surface area (Å²) in [5, 5.41) is 4.93. The third-order valence-electron chi connectivity index (χ3n) is 2.42. The minimum Gasteiger partial charge on any atom is -0.438 e. The molecule has 0 saturated heterocycles. The van der Waals surface area contributed by atoms with Crippen LogP contribution in [0.2, 0.25) is 0 Å². The Balaban J connectivity index is 1.93. The third kappa shape index (κ3) is 2.94. The molecule has 1 unspecified atom stereocenters. The molecule has 0 aliphatic rings. The van der Waals surface area contributed by atoms with E-state index < -0.39 is 0 Å². The Bertz CT molecular complexity index is 490. The van der Waals surface area contributed by atoms with Crippen molar-refractivity contribution >= 4 is 17.2 Å². The number of nitrogens with zero attached hydrogens (tertiary/aromatic N) is 1. The molecule has 0 bridgehead atoms. The van der Waals surface area contributed by atoms with Crippen LogP contribution in [0.1, 0.15) is 28.0 Å². The Labute approximate surface area is 104 Å². The van der Waals surface area contributed by atoms with Gasteiger partial charge in [0.05, 0.1) is 5.69 Å². The van der Waals surface area contributed by atoms with Gasteiger partial charge in [-0.05, 0) is 25.3 Å². The van der Waals surface area contributed by atoms with Crippen molar-refractivity contribution < 1.29 is 9.21 Å². The van der Waals surface area contributed by atoms with E-state index in [2.05, 4.69) is 16.4 Å². The summed E-state index contributed by atoms with van der Waals surface area (Å²) in [7, 11) is 0. The van der Waals surface area contributed by atoms with Crippen molar-refractivity contribution in [1.29, 1.82) is 0 Å². The van der Waals surface area contributed by atoms with Gasteiger partial charge in [-0.25, -0.2) is 4.98 Å². The molecule has 0 aromatic carbocycles. The number of carbonyl (C=O) groups is 1. The fourth-order valence-electron chi connectivity index (χ4n) is 1.59.